The summed E-state index contributed by atoms with van der Waals surface area (Å²) in [5.41, 5.74) is 20.6. The minimum atomic E-state index is 0.0112. The fourth-order valence-electron chi connectivity index (χ4n) is 8.15. The lowest BCUT2D eigenvalue weighted by molar-refractivity contribution is 0.311. The number of pyridine rings is 1. The van der Waals surface area contributed by atoms with Crippen LogP contribution in [0.2, 0.25) is 0 Å². The van der Waals surface area contributed by atoms with Crippen LogP contribution < -0.4 is 21.7 Å². The Balaban J connectivity index is 0.000000172. The van der Waals surface area contributed by atoms with Crippen molar-refractivity contribution >= 4 is 45.2 Å². The molecule has 2 atom stereocenters. The summed E-state index contributed by atoms with van der Waals surface area (Å²) in [4.78, 5) is 31.5. The predicted octanol–water partition coefficient (Wildman–Crippen LogP) is 11.9. The normalized spacial score (nSPS) is 12.0. The summed E-state index contributed by atoms with van der Waals surface area (Å²) in [6.07, 6.45) is 10.6. The molecule has 0 saturated heterocycles. The van der Waals surface area contributed by atoms with Crippen LogP contribution in [0.1, 0.15) is 59.8 Å². The van der Waals surface area contributed by atoms with Gasteiger partial charge in [0.15, 0.2) is 0 Å². The van der Waals surface area contributed by atoms with Gasteiger partial charge in [0, 0.05) is 88.6 Å². The van der Waals surface area contributed by atoms with Crippen LogP contribution in [0.5, 0.6) is 0 Å². The molecule has 69 heavy (non-hydrogen) atoms. The van der Waals surface area contributed by atoms with E-state index in [0.717, 1.165) is 101 Å². The van der Waals surface area contributed by atoms with Crippen LogP contribution in [0.25, 0.3) is 66.7 Å². The molecule has 0 radical (unpaired) electrons. The van der Waals surface area contributed by atoms with E-state index >= 15 is 0 Å². The van der Waals surface area contributed by atoms with Gasteiger partial charge in [-0.25, -0.2) is 29.9 Å². The average molecular weight is 916 g/mol. The zero-order valence-corrected chi connectivity index (χ0v) is 39.3. The zero-order chi connectivity index (χ0) is 48.0. The Morgan fingerprint density at radius 3 is 1.58 bits per heavy atom. The second-order valence-electron chi connectivity index (χ2n) is 17.1. The molecule has 0 spiro atoms. The number of rotatable bonds is 13. The summed E-state index contributed by atoms with van der Waals surface area (Å²) in [7, 11) is 0. The predicted molar refractivity (Wildman–Crippen MR) is 275 cm³/mol. The maximum Gasteiger partial charge on any atom is 0.222 e. The number of nitrogen functional groups attached to an aromatic ring is 1. The van der Waals surface area contributed by atoms with Crippen LogP contribution >= 0.6 is 0 Å². The van der Waals surface area contributed by atoms with E-state index < -0.39 is 0 Å². The second kappa shape index (κ2) is 20.2. The van der Waals surface area contributed by atoms with Crippen LogP contribution in [0.15, 0.2) is 149 Å². The standard InChI is InChI=1S/C28H28N6O2.C27H25N5O/c1-17-16-36-26-8-7-22(12-24(17)26)25-13-27(34-19(3)33-25)32-18(2)20-5-4-6-21(11-20)23-14-30-28(31-15-23)29-9-10-35;1-16-15-33-26-8-7-21(11-24(16)26)25-12-27(32-18(3)31-25)30-17(2)19-5-4-6-20(9-19)22-10-23(28)14-29-13-22/h4-8,11-16,18,35H,9-10H2,1-3H3,(H,29,30,31)(H,32,33,34);4-15,17H,28H2,1-3H3,(H,30,31,32)/t;17-/m.0/s1. The third kappa shape index (κ3) is 10.7. The lowest BCUT2D eigenvalue weighted by atomic mass is 10.0. The van der Waals surface area contributed by atoms with Crippen molar-refractivity contribution in [1.82, 2.24) is 34.9 Å². The first-order valence-corrected chi connectivity index (χ1v) is 22.7. The summed E-state index contributed by atoms with van der Waals surface area (Å²) >= 11 is 0. The van der Waals surface area contributed by atoms with Crippen molar-refractivity contribution in [2.75, 3.05) is 34.8 Å². The Hall–Kier alpha value is -8.49. The summed E-state index contributed by atoms with van der Waals surface area (Å²) in [6.45, 7) is 12.6. The number of nitrogens with one attached hydrogen (secondary N) is 3. The molecule has 6 heterocycles. The third-order valence-corrected chi connectivity index (χ3v) is 11.8. The fourth-order valence-corrected chi connectivity index (χ4v) is 8.15. The van der Waals surface area contributed by atoms with Gasteiger partial charge in [-0.2, -0.15) is 0 Å². The number of aromatic nitrogens is 7. The minimum absolute atomic E-state index is 0.0112. The molecular weight excluding hydrogens is 863 g/mol. The number of benzene rings is 4. The fraction of sp³-hybridized carbons (Fsp3) is 0.182. The number of anilines is 4. The molecule has 10 rings (SSSR count). The van der Waals surface area contributed by atoms with Gasteiger partial charge < -0.3 is 35.6 Å². The van der Waals surface area contributed by atoms with E-state index in [1.54, 1.807) is 31.1 Å². The minimum Gasteiger partial charge on any atom is -0.464 e. The summed E-state index contributed by atoms with van der Waals surface area (Å²) < 4.78 is 11.2. The van der Waals surface area contributed by atoms with Crippen LogP contribution in [-0.2, 0) is 0 Å². The zero-order valence-electron chi connectivity index (χ0n) is 39.3. The van der Waals surface area contributed by atoms with Crippen molar-refractivity contribution in [1.29, 1.82) is 0 Å². The average Bonchev–Trinajstić information content (AvgIpc) is 3.93. The molecular formula is C55H53N11O3. The Bertz CT molecular complexity index is 3400. The number of fused-ring (bicyclic) bond motifs is 2. The summed E-state index contributed by atoms with van der Waals surface area (Å²) in [5, 5.41) is 21.1. The number of aryl methyl sites for hydroxylation is 4. The van der Waals surface area contributed by atoms with Crippen molar-refractivity contribution in [2.24, 2.45) is 0 Å². The van der Waals surface area contributed by atoms with Crippen molar-refractivity contribution in [3.63, 3.8) is 0 Å². The number of nitrogens with zero attached hydrogens (tertiary/aromatic N) is 7. The van der Waals surface area contributed by atoms with E-state index in [0.29, 0.717) is 29.8 Å². The topological polar surface area (TPSA) is 199 Å². The first-order chi connectivity index (χ1) is 33.5. The van der Waals surface area contributed by atoms with Gasteiger partial charge in [-0.3, -0.25) is 4.98 Å². The molecule has 0 amide bonds. The van der Waals surface area contributed by atoms with E-state index in [2.05, 4.69) is 107 Å². The highest BCUT2D eigenvalue weighted by atomic mass is 16.3. The van der Waals surface area contributed by atoms with Crippen LogP contribution in [0.4, 0.5) is 23.3 Å². The summed E-state index contributed by atoms with van der Waals surface area (Å²) in [5.74, 6) is 3.46. The number of hydrogen-bond acceptors (Lipinski definition) is 14. The van der Waals surface area contributed by atoms with E-state index in [1.807, 2.05) is 94.6 Å². The van der Waals surface area contributed by atoms with Crippen molar-refractivity contribution in [2.45, 2.75) is 53.6 Å². The van der Waals surface area contributed by atoms with Gasteiger partial charge in [0.1, 0.15) is 34.5 Å². The Morgan fingerprint density at radius 1 is 0.551 bits per heavy atom. The molecule has 346 valence electrons. The molecule has 0 aliphatic carbocycles. The molecule has 0 fully saturated rings. The Kier molecular flexibility index (Phi) is 13.3. The molecule has 14 nitrogen and oxygen atoms in total. The second-order valence-corrected chi connectivity index (χ2v) is 17.1. The first-order valence-electron chi connectivity index (χ1n) is 22.7. The van der Waals surface area contributed by atoms with Gasteiger partial charge >= 0.3 is 0 Å². The molecule has 1 unspecified atom stereocenters. The summed E-state index contributed by atoms with van der Waals surface area (Å²) in [6, 6.07) is 34.9. The molecule has 4 aromatic carbocycles. The molecule has 14 heteroatoms. The molecule has 6 aromatic heterocycles. The van der Waals surface area contributed by atoms with Gasteiger partial charge in [-0.05, 0) is 130 Å². The number of aliphatic hydroxyl groups is 1. The lowest BCUT2D eigenvalue weighted by Gasteiger charge is -2.17. The number of aliphatic hydroxyl groups excluding tert-OH is 1. The molecule has 0 aliphatic rings. The van der Waals surface area contributed by atoms with Gasteiger partial charge in [0.05, 0.1) is 36.2 Å². The van der Waals surface area contributed by atoms with Gasteiger partial charge in [0.2, 0.25) is 5.95 Å². The van der Waals surface area contributed by atoms with Gasteiger partial charge in [-0.1, -0.05) is 36.4 Å². The highest BCUT2D eigenvalue weighted by Gasteiger charge is 2.15. The molecule has 6 N–H and O–H groups in total. The molecule has 0 aliphatic heterocycles. The lowest BCUT2D eigenvalue weighted by Crippen LogP contribution is -2.09. The Morgan fingerprint density at radius 2 is 1.07 bits per heavy atom. The molecule has 0 saturated carbocycles. The van der Waals surface area contributed by atoms with Gasteiger partial charge in [-0.15, -0.1) is 0 Å². The monoisotopic (exact) mass is 915 g/mol. The van der Waals surface area contributed by atoms with E-state index in [-0.39, 0.29) is 18.7 Å². The van der Waals surface area contributed by atoms with Crippen LogP contribution in [0, 0.1) is 27.7 Å². The van der Waals surface area contributed by atoms with E-state index in [4.69, 9.17) is 19.7 Å². The maximum absolute atomic E-state index is 8.94. The Labute approximate surface area is 400 Å². The van der Waals surface area contributed by atoms with E-state index in [1.165, 1.54) is 0 Å². The largest absolute Gasteiger partial charge is 0.464 e. The third-order valence-electron chi connectivity index (χ3n) is 11.8. The highest BCUT2D eigenvalue weighted by Crippen LogP contribution is 2.32. The van der Waals surface area contributed by atoms with Crippen molar-refractivity contribution in [3.8, 4) is 44.8 Å². The molecule has 10 aromatic rings. The number of furan rings is 2. The smallest absolute Gasteiger partial charge is 0.222 e. The number of nitrogens with two attached hydrogens (primary N) is 1. The highest BCUT2D eigenvalue weighted by molar-refractivity contribution is 5.87. The van der Waals surface area contributed by atoms with Crippen LogP contribution in [0.3, 0.4) is 0 Å². The van der Waals surface area contributed by atoms with E-state index in [9.17, 15) is 0 Å². The first kappa shape index (κ1) is 45.7. The molecule has 0 bridgehead atoms. The SMILES string of the molecule is Cc1nc(NC(C)c2cccc(-c3cnc(NCCO)nc3)c2)cc(-c2ccc3occ(C)c3c2)n1.Cc1nc(N[C@@H](C)c2cccc(-c3cncc(N)c3)c2)cc(-c2ccc3occ(C)c3c2)n1. The van der Waals surface area contributed by atoms with Gasteiger partial charge in [0.25, 0.3) is 0 Å². The van der Waals surface area contributed by atoms with Crippen molar-refractivity contribution in [3.05, 3.63) is 174 Å². The van der Waals surface area contributed by atoms with Crippen molar-refractivity contribution < 1.29 is 13.9 Å². The quantitative estimate of drug-likeness (QED) is 0.0732. The van der Waals surface area contributed by atoms with Crippen LogP contribution in [-0.4, -0.2) is 53.1 Å². The maximum atomic E-state index is 8.94. The number of hydrogen-bond donors (Lipinski definition) is 5.